The summed E-state index contributed by atoms with van der Waals surface area (Å²) in [4.78, 5) is 12.3. The van der Waals surface area contributed by atoms with Crippen LogP contribution in [0.25, 0.3) is 11.2 Å². The molecule has 1 fully saturated rings. The molecule has 10 heteroatoms. The molecule has 0 aromatic carbocycles. The molecule has 23 heavy (non-hydrogen) atoms. The molecule has 0 saturated carbocycles. The van der Waals surface area contributed by atoms with E-state index in [0.717, 1.165) is 0 Å². The van der Waals surface area contributed by atoms with Crippen molar-refractivity contribution in [2.45, 2.75) is 25.4 Å². The molecule has 3 heterocycles. The number of hydrogen-bond acceptors (Lipinski definition) is 8. The van der Waals surface area contributed by atoms with Crippen molar-refractivity contribution in [3.05, 3.63) is 12.7 Å². The minimum atomic E-state index is -1.76. The quantitative estimate of drug-likeness (QED) is 0.765. The second kappa shape index (κ2) is 6.26. The van der Waals surface area contributed by atoms with Gasteiger partial charge in [0.2, 0.25) is 0 Å². The van der Waals surface area contributed by atoms with Crippen LogP contribution in [0.5, 0.6) is 0 Å². The first-order valence-corrected chi connectivity index (χ1v) is 8.62. The number of nitrogens with two attached hydrogens (primary N) is 1. The predicted molar refractivity (Wildman–Crippen MR) is 85.8 cm³/mol. The monoisotopic (exact) mass is 336 g/mol. The van der Waals surface area contributed by atoms with E-state index in [1.807, 2.05) is 12.7 Å². The topological polar surface area (TPSA) is 132 Å². The van der Waals surface area contributed by atoms with Crippen molar-refractivity contribution in [1.82, 2.24) is 19.5 Å². The van der Waals surface area contributed by atoms with Crippen molar-refractivity contribution < 1.29 is 14.4 Å². The number of rotatable bonds is 4. The van der Waals surface area contributed by atoms with Crippen LogP contribution in [0, 0.1) is 17.0 Å². The molecule has 1 aliphatic rings. The third-order valence-corrected chi connectivity index (χ3v) is 4.66. The van der Waals surface area contributed by atoms with Crippen molar-refractivity contribution in [2.24, 2.45) is 5.92 Å². The second-order valence-corrected chi connectivity index (χ2v) is 6.70. The molecule has 0 bridgehead atoms. The van der Waals surface area contributed by atoms with Crippen LogP contribution < -0.4 is 5.73 Å². The van der Waals surface area contributed by atoms with Crippen molar-refractivity contribution in [1.29, 1.82) is 5.26 Å². The Labute approximate surface area is 133 Å². The Morgan fingerprint density at radius 3 is 3.09 bits per heavy atom. The molecule has 2 aromatic heterocycles. The Morgan fingerprint density at radius 1 is 1.57 bits per heavy atom. The zero-order valence-corrected chi connectivity index (χ0v) is 13.5. The molecule has 0 aliphatic carbocycles. The summed E-state index contributed by atoms with van der Waals surface area (Å²) in [5.41, 5.74) is 6.82. The first-order valence-electron chi connectivity index (χ1n) is 7.01. The lowest BCUT2D eigenvalue weighted by molar-refractivity contribution is -0.0375. The SMILES string of the molecule is C=[PH](C#N)OCC1OC(n2cnc3c(N)ncnc32)C(C)C1O. The number of fused-ring (bicyclic) bond motifs is 1. The van der Waals surface area contributed by atoms with Crippen LogP contribution in [0.15, 0.2) is 12.7 Å². The van der Waals surface area contributed by atoms with E-state index in [0.29, 0.717) is 11.2 Å². The van der Waals surface area contributed by atoms with Gasteiger partial charge in [0, 0.05) is 5.92 Å². The summed E-state index contributed by atoms with van der Waals surface area (Å²) in [7, 11) is -1.76. The molecule has 5 atom stereocenters. The van der Waals surface area contributed by atoms with E-state index in [2.05, 4.69) is 21.3 Å². The number of nitriles is 1. The van der Waals surface area contributed by atoms with E-state index in [4.69, 9.17) is 20.3 Å². The van der Waals surface area contributed by atoms with E-state index in [-0.39, 0.29) is 18.3 Å². The zero-order valence-electron chi connectivity index (χ0n) is 12.5. The number of nitrogen functional groups attached to an aromatic ring is 1. The molecule has 1 saturated heterocycles. The smallest absolute Gasteiger partial charge is 0.167 e. The highest BCUT2D eigenvalue weighted by molar-refractivity contribution is 7.55. The standard InChI is InChI=1S/C13H17N6O3P/c1-7-10(20)8(3-21-23(2)4-14)22-13(7)19-6-18-9-11(15)16-5-17-12(9)19/h5-8,10,13,20,23H,2-3H2,1H3,(H2,15,16,17). The highest BCUT2D eigenvalue weighted by Crippen LogP contribution is 2.37. The first kappa shape index (κ1) is 15.9. The van der Waals surface area contributed by atoms with Crippen LogP contribution >= 0.6 is 7.77 Å². The van der Waals surface area contributed by atoms with Gasteiger partial charge in [-0.15, -0.1) is 0 Å². The summed E-state index contributed by atoms with van der Waals surface area (Å²) < 4.78 is 13.0. The number of hydrogen-bond donors (Lipinski definition) is 2. The van der Waals surface area contributed by atoms with E-state index in [1.54, 1.807) is 10.9 Å². The maximum atomic E-state index is 10.4. The summed E-state index contributed by atoms with van der Waals surface area (Å²) in [6, 6.07) is 0. The Balaban J connectivity index is 1.84. The number of nitrogens with zero attached hydrogens (tertiary/aromatic N) is 5. The molecule has 3 N–H and O–H groups in total. The lowest BCUT2D eigenvalue weighted by Crippen LogP contribution is -2.28. The molecular weight excluding hydrogens is 319 g/mol. The maximum Gasteiger partial charge on any atom is 0.167 e. The molecule has 9 nitrogen and oxygen atoms in total. The molecule has 0 spiro atoms. The van der Waals surface area contributed by atoms with E-state index in [9.17, 15) is 5.11 Å². The molecule has 1 aliphatic heterocycles. The Kier molecular flexibility index (Phi) is 4.33. The van der Waals surface area contributed by atoms with Crippen molar-refractivity contribution in [3.8, 4) is 5.81 Å². The van der Waals surface area contributed by atoms with Gasteiger partial charge in [-0.05, 0) is 0 Å². The van der Waals surface area contributed by atoms with E-state index in [1.165, 1.54) is 6.33 Å². The fraction of sp³-hybridized carbons (Fsp3) is 0.462. The molecule has 5 unspecified atom stereocenters. The third kappa shape index (κ3) is 2.82. The van der Waals surface area contributed by atoms with Crippen LogP contribution in [0.1, 0.15) is 13.2 Å². The van der Waals surface area contributed by atoms with Gasteiger partial charge >= 0.3 is 0 Å². The third-order valence-electron chi connectivity index (χ3n) is 3.89. The van der Waals surface area contributed by atoms with Gasteiger partial charge in [0.05, 0.1) is 26.8 Å². The predicted octanol–water partition coefficient (Wildman–Crippen LogP) is 0.362. The number of anilines is 1. The summed E-state index contributed by atoms with van der Waals surface area (Å²) in [5.74, 6) is 2.05. The van der Waals surface area contributed by atoms with Crippen LogP contribution in [-0.2, 0) is 9.26 Å². The Bertz CT molecular complexity index is 788. The Morgan fingerprint density at radius 2 is 2.35 bits per heavy atom. The van der Waals surface area contributed by atoms with Crippen molar-refractivity contribution >= 4 is 31.1 Å². The molecule has 0 amide bonds. The summed E-state index contributed by atoms with van der Waals surface area (Å²) in [6.45, 7) is 1.99. The zero-order chi connectivity index (χ0) is 16.6. The lowest BCUT2D eigenvalue weighted by atomic mass is 10.0. The summed E-state index contributed by atoms with van der Waals surface area (Å²) in [5, 5.41) is 19.1. The Hall–Kier alpha value is -1.98. The summed E-state index contributed by atoms with van der Waals surface area (Å²) >= 11 is 0. The van der Waals surface area contributed by atoms with Gasteiger partial charge in [-0.3, -0.25) is 4.57 Å². The first-order chi connectivity index (χ1) is 11.0. The number of imidazole rings is 1. The van der Waals surface area contributed by atoms with Crippen LogP contribution in [0.3, 0.4) is 0 Å². The average Bonchev–Trinajstić information content (AvgIpc) is 3.09. The van der Waals surface area contributed by atoms with Crippen LogP contribution in [0.4, 0.5) is 5.82 Å². The molecule has 122 valence electrons. The normalized spacial score (nSPS) is 28.7. The largest absolute Gasteiger partial charge is 0.390 e. The van der Waals surface area contributed by atoms with Crippen LogP contribution in [-0.4, -0.2) is 49.7 Å². The van der Waals surface area contributed by atoms with Crippen LogP contribution in [0.2, 0.25) is 0 Å². The minimum absolute atomic E-state index is 0.122. The number of aromatic nitrogens is 4. The fourth-order valence-electron chi connectivity index (χ4n) is 2.62. The number of ether oxygens (including phenoxy) is 1. The van der Waals surface area contributed by atoms with Crippen molar-refractivity contribution in [3.63, 3.8) is 0 Å². The van der Waals surface area contributed by atoms with E-state index >= 15 is 0 Å². The molecular formula is C13H17N6O3P. The van der Waals surface area contributed by atoms with E-state index < -0.39 is 26.2 Å². The van der Waals surface area contributed by atoms with Gasteiger partial charge < -0.3 is 20.1 Å². The molecule has 2 aromatic rings. The van der Waals surface area contributed by atoms with Gasteiger partial charge in [-0.1, -0.05) is 13.2 Å². The van der Waals surface area contributed by atoms with Crippen molar-refractivity contribution in [2.75, 3.05) is 12.3 Å². The molecule has 3 rings (SSSR count). The van der Waals surface area contributed by atoms with Gasteiger partial charge in [0.1, 0.15) is 30.0 Å². The molecule has 0 radical (unpaired) electrons. The minimum Gasteiger partial charge on any atom is -0.390 e. The van der Waals surface area contributed by atoms with Gasteiger partial charge in [0.25, 0.3) is 0 Å². The lowest BCUT2D eigenvalue weighted by Gasteiger charge is -2.17. The highest BCUT2D eigenvalue weighted by Gasteiger charge is 2.42. The van der Waals surface area contributed by atoms with Gasteiger partial charge in [-0.25, -0.2) is 15.0 Å². The number of aliphatic hydroxyl groups is 1. The average molecular weight is 336 g/mol. The van der Waals surface area contributed by atoms with Gasteiger partial charge in [-0.2, -0.15) is 5.26 Å². The van der Waals surface area contributed by atoms with Gasteiger partial charge in [0.15, 0.2) is 11.5 Å². The second-order valence-electron chi connectivity index (χ2n) is 5.34. The number of aliphatic hydroxyl groups excluding tert-OH is 1. The highest BCUT2D eigenvalue weighted by atomic mass is 31.1. The maximum absolute atomic E-state index is 10.4. The summed E-state index contributed by atoms with van der Waals surface area (Å²) in [6.07, 6.45) is 4.81. The fourth-order valence-corrected chi connectivity index (χ4v) is 3.05.